The Labute approximate surface area is 111 Å². The normalized spacial score (nSPS) is 16.9. The largest absolute Gasteiger partial charge is 0.325 e. The van der Waals surface area contributed by atoms with Gasteiger partial charge in [-0.25, -0.2) is 4.39 Å². The van der Waals surface area contributed by atoms with Crippen LogP contribution in [0.15, 0.2) is 18.2 Å². The number of nitrogens with two attached hydrogens (primary N) is 1. The van der Waals surface area contributed by atoms with Crippen molar-refractivity contribution < 1.29 is 9.18 Å². The van der Waals surface area contributed by atoms with Gasteiger partial charge in [0.2, 0.25) is 5.91 Å². The number of amides is 1. The van der Waals surface area contributed by atoms with Gasteiger partial charge in [0, 0.05) is 12.0 Å². The lowest BCUT2D eigenvalue weighted by atomic mass is 9.94. The molecular weight excluding hydrogens is 245 g/mol. The van der Waals surface area contributed by atoms with Crippen molar-refractivity contribution in [2.24, 2.45) is 5.73 Å². The molecule has 0 unspecified atom stereocenters. The quantitative estimate of drug-likeness (QED) is 0.876. The molecule has 0 saturated heterocycles. The molecule has 5 heteroatoms. The SMILES string of the molecule is N#Cc1ccc(NC(=O)CC2(N)CCCC2)c(F)c1. The van der Waals surface area contributed by atoms with Crippen LogP contribution in [-0.2, 0) is 4.79 Å². The first-order chi connectivity index (χ1) is 9.02. The lowest BCUT2D eigenvalue weighted by Gasteiger charge is -2.22. The Hall–Kier alpha value is -1.93. The van der Waals surface area contributed by atoms with Crippen molar-refractivity contribution in [1.82, 2.24) is 0 Å². The summed E-state index contributed by atoms with van der Waals surface area (Å²) in [5.74, 6) is -0.891. The zero-order valence-electron chi connectivity index (χ0n) is 10.6. The molecule has 1 saturated carbocycles. The summed E-state index contributed by atoms with van der Waals surface area (Å²) in [6.45, 7) is 0. The molecule has 4 nitrogen and oxygen atoms in total. The standard InChI is InChI=1S/C14H16FN3O/c15-11-7-10(9-16)3-4-12(11)18-13(19)8-14(17)5-1-2-6-14/h3-4,7H,1-2,5-6,8,17H2,(H,18,19). The lowest BCUT2D eigenvalue weighted by Crippen LogP contribution is -2.40. The summed E-state index contributed by atoms with van der Waals surface area (Å²) in [6.07, 6.45) is 3.93. The van der Waals surface area contributed by atoms with Crippen LogP contribution >= 0.6 is 0 Å². The Morgan fingerprint density at radius 1 is 1.47 bits per heavy atom. The van der Waals surface area contributed by atoms with Crippen LogP contribution in [0.1, 0.15) is 37.7 Å². The van der Waals surface area contributed by atoms with Gasteiger partial charge in [-0.2, -0.15) is 5.26 Å². The Bertz CT molecular complexity index is 530. The third-order valence-corrected chi connectivity index (χ3v) is 3.48. The molecule has 0 bridgehead atoms. The fraction of sp³-hybridized carbons (Fsp3) is 0.429. The number of benzene rings is 1. The number of nitrogens with one attached hydrogen (secondary N) is 1. The maximum Gasteiger partial charge on any atom is 0.226 e. The highest BCUT2D eigenvalue weighted by Crippen LogP contribution is 2.30. The smallest absolute Gasteiger partial charge is 0.226 e. The average molecular weight is 261 g/mol. The summed E-state index contributed by atoms with van der Waals surface area (Å²) in [5.41, 5.74) is 5.96. The molecule has 1 aliphatic carbocycles. The number of rotatable bonds is 3. The summed E-state index contributed by atoms with van der Waals surface area (Å²) in [4.78, 5) is 11.9. The summed E-state index contributed by atoms with van der Waals surface area (Å²) in [7, 11) is 0. The van der Waals surface area contributed by atoms with Crippen LogP contribution in [0, 0.1) is 17.1 Å². The molecule has 1 aliphatic rings. The zero-order chi connectivity index (χ0) is 13.9. The molecular formula is C14H16FN3O. The Kier molecular flexibility index (Phi) is 3.82. The van der Waals surface area contributed by atoms with E-state index in [9.17, 15) is 9.18 Å². The molecule has 0 aromatic heterocycles. The first-order valence-corrected chi connectivity index (χ1v) is 6.31. The summed E-state index contributed by atoms with van der Waals surface area (Å²) >= 11 is 0. The second kappa shape index (κ2) is 5.37. The molecule has 0 atom stereocenters. The molecule has 1 aromatic carbocycles. The number of carbonyl (C=O) groups excluding carboxylic acids is 1. The minimum Gasteiger partial charge on any atom is -0.325 e. The summed E-state index contributed by atoms with van der Waals surface area (Å²) in [5, 5.41) is 11.1. The average Bonchev–Trinajstić information content (AvgIpc) is 2.78. The maximum absolute atomic E-state index is 13.6. The van der Waals surface area contributed by atoms with E-state index in [1.54, 1.807) is 0 Å². The Morgan fingerprint density at radius 2 is 2.16 bits per heavy atom. The first kappa shape index (κ1) is 13.5. The van der Waals surface area contributed by atoms with Crippen molar-refractivity contribution in [3.8, 4) is 6.07 Å². The van der Waals surface area contributed by atoms with E-state index in [0.29, 0.717) is 0 Å². The molecule has 0 radical (unpaired) electrons. The van der Waals surface area contributed by atoms with E-state index in [-0.39, 0.29) is 23.6 Å². The van der Waals surface area contributed by atoms with Crippen LogP contribution in [0.3, 0.4) is 0 Å². The van der Waals surface area contributed by atoms with Gasteiger partial charge in [-0.15, -0.1) is 0 Å². The van der Waals surface area contributed by atoms with Gasteiger partial charge < -0.3 is 11.1 Å². The predicted molar refractivity (Wildman–Crippen MR) is 69.7 cm³/mol. The predicted octanol–water partition coefficient (Wildman–Crippen LogP) is 2.30. The van der Waals surface area contributed by atoms with Crippen LogP contribution in [-0.4, -0.2) is 11.4 Å². The summed E-state index contributed by atoms with van der Waals surface area (Å²) in [6, 6.07) is 5.80. The summed E-state index contributed by atoms with van der Waals surface area (Å²) < 4.78 is 13.6. The molecule has 1 amide bonds. The van der Waals surface area contributed by atoms with Crippen molar-refractivity contribution in [2.45, 2.75) is 37.6 Å². The number of nitriles is 1. The van der Waals surface area contributed by atoms with E-state index < -0.39 is 11.4 Å². The number of nitrogens with zero attached hydrogens (tertiary/aromatic N) is 1. The Balaban J connectivity index is 2.01. The van der Waals surface area contributed by atoms with Crippen LogP contribution in [0.2, 0.25) is 0 Å². The highest BCUT2D eigenvalue weighted by molar-refractivity contribution is 5.91. The van der Waals surface area contributed by atoms with Gasteiger partial charge in [-0.3, -0.25) is 4.79 Å². The molecule has 0 aliphatic heterocycles. The van der Waals surface area contributed by atoms with Gasteiger partial charge in [0.15, 0.2) is 0 Å². The van der Waals surface area contributed by atoms with E-state index in [1.807, 2.05) is 6.07 Å². The second-order valence-corrected chi connectivity index (χ2v) is 5.10. The number of hydrogen-bond acceptors (Lipinski definition) is 3. The minimum atomic E-state index is -0.607. The van der Waals surface area contributed by atoms with Gasteiger partial charge in [0.05, 0.1) is 17.3 Å². The van der Waals surface area contributed by atoms with E-state index in [1.165, 1.54) is 12.1 Å². The fourth-order valence-corrected chi connectivity index (χ4v) is 2.46. The minimum absolute atomic E-state index is 0.0885. The van der Waals surface area contributed by atoms with Crippen LogP contribution in [0.5, 0.6) is 0 Å². The fourth-order valence-electron chi connectivity index (χ4n) is 2.46. The molecule has 19 heavy (non-hydrogen) atoms. The van der Waals surface area contributed by atoms with E-state index in [2.05, 4.69) is 5.32 Å². The highest BCUT2D eigenvalue weighted by Gasteiger charge is 2.31. The molecule has 100 valence electrons. The molecule has 1 fully saturated rings. The van der Waals surface area contributed by atoms with Gasteiger partial charge in [0.1, 0.15) is 5.82 Å². The molecule has 2 rings (SSSR count). The number of halogens is 1. The molecule has 3 N–H and O–H groups in total. The number of hydrogen-bond donors (Lipinski definition) is 2. The van der Waals surface area contributed by atoms with Crippen molar-refractivity contribution in [2.75, 3.05) is 5.32 Å². The number of anilines is 1. The van der Waals surface area contributed by atoms with Crippen LogP contribution in [0.4, 0.5) is 10.1 Å². The topological polar surface area (TPSA) is 78.9 Å². The van der Waals surface area contributed by atoms with E-state index in [4.69, 9.17) is 11.0 Å². The third-order valence-electron chi connectivity index (χ3n) is 3.48. The Morgan fingerprint density at radius 3 is 2.74 bits per heavy atom. The second-order valence-electron chi connectivity index (χ2n) is 5.10. The highest BCUT2D eigenvalue weighted by atomic mass is 19.1. The van der Waals surface area contributed by atoms with Crippen molar-refractivity contribution >= 4 is 11.6 Å². The maximum atomic E-state index is 13.6. The van der Waals surface area contributed by atoms with Gasteiger partial charge in [0.25, 0.3) is 0 Å². The van der Waals surface area contributed by atoms with E-state index >= 15 is 0 Å². The van der Waals surface area contributed by atoms with Gasteiger partial charge in [-0.1, -0.05) is 12.8 Å². The lowest BCUT2D eigenvalue weighted by molar-refractivity contribution is -0.117. The molecule has 0 spiro atoms. The van der Waals surface area contributed by atoms with Crippen molar-refractivity contribution in [1.29, 1.82) is 5.26 Å². The van der Waals surface area contributed by atoms with Gasteiger partial charge >= 0.3 is 0 Å². The van der Waals surface area contributed by atoms with Crippen molar-refractivity contribution in [3.63, 3.8) is 0 Å². The molecule has 1 aromatic rings. The van der Waals surface area contributed by atoms with Crippen LogP contribution in [0.25, 0.3) is 0 Å². The molecule has 0 heterocycles. The first-order valence-electron chi connectivity index (χ1n) is 6.31. The van der Waals surface area contributed by atoms with E-state index in [0.717, 1.165) is 31.7 Å². The monoisotopic (exact) mass is 261 g/mol. The number of carbonyl (C=O) groups is 1. The third kappa shape index (κ3) is 3.30. The zero-order valence-corrected chi connectivity index (χ0v) is 10.6. The van der Waals surface area contributed by atoms with Crippen molar-refractivity contribution in [3.05, 3.63) is 29.6 Å². The van der Waals surface area contributed by atoms with Crippen LogP contribution < -0.4 is 11.1 Å². The van der Waals surface area contributed by atoms with Gasteiger partial charge in [-0.05, 0) is 31.0 Å².